The summed E-state index contributed by atoms with van der Waals surface area (Å²) in [7, 11) is 3.22. The summed E-state index contributed by atoms with van der Waals surface area (Å²) in [6.07, 6.45) is 0. The SMILES string of the molecule is COc1ccc(-c2nnc(SCC(=O)N/N=C(\C)c3ccc(OC(C)=O)cc3)n2-c2ccc(OC)cc2)cc1. The largest absolute Gasteiger partial charge is 0.497 e. The average molecular weight is 546 g/mol. The van der Waals surface area contributed by atoms with Crippen molar-refractivity contribution < 1.29 is 23.8 Å². The molecule has 0 aliphatic carbocycles. The van der Waals surface area contributed by atoms with Crippen molar-refractivity contribution in [2.24, 2.45) is 5.10 Å². The third-order valence-corrected chi connectivity index (χ3v) is 6.46. The van der Waals surface area contributed by atoms with E-state index in [0.29, 0.717) is 22.4 Å². The smallest absolute Gasteiger partial charge is 0.308 e. The van der Waals surface area contributed by atoms with Crippen molar-refractivity contribution in [2.45, 2.75) is 19.0 Å². The number of benzene rings is 3. The van der Waals surface area contributed by atoms with Gasteiger partial charge in [0, 0.05) is 18.2 Å². The van der Waals surface area contributed by atoms with E-state index in [-0.39, 0.29) is 11.7 Å². The molecule has 0 aliphatic rings. The number of hydrogen-bond acceptors (Lipinski definition) is 9. The van der Waals surface area contributed by atoms with Crippen LogP contribution in [0.5, 0.6) is 17.2 Å². The number of carbonyl (C=O) groups is 2. The van der Waals surface area contributed by atoms with E-state index in [1.165, 1.54) is 18.7 Å². The van der Waals surface area contributed by atoms with Crippen LogP contribution in [0.1, 0.15) is 19.4 Å². The average Bonchev–Trinajstić information content (AvgIpc) is 3.39. The van der Waals surface area contributed by atoms with Gasteiger partial charge in [-0.05, 0) is 85.3 Å². The molecule has 3 aromatic carbocycles. The number of nitrogens with one attached hydrogen (secondary N) is 1. The molecule has 0 fully saturated rings. The molecule has 39 heavy (non-hydrogen) atoms. The summed E-state index contributed by atoms with van der Waals surface area (Å²) in [6, 6.07) is 21.9. The number of methoxy groups -OCH3 is 2. The number of hydrazone groups is 1. The van der Waals surface area contributed by atoms with Crippen LogP contribution in [0.3, 0.4) is 0 Å². The van der Waals surface area contributed by atoms with Gasteiger partial charge in [-0.2, -0.15) is 5.10 Å². The minimum Gasteiger partial charge on any atom is -0.497 e. The zero-order valence-electron chi connectivity index (χ0n) is 21.9. The molecular formula is C28H27N5O5S. The molecule has 4 rings (SSSR count). The fourth-order valence-electron chi connectivity index (χ4n) is 3.56. The Bertz CT molecular complexity index is 1470. The van der Waals surface area contributed by atoms with Crippen molar-refractivity contribution in [3.05, 3.63) is 78.4 Å². The molecule has 200 valence electrons. The van der Waals surface area contributed by atoms with Crippen molar-refractivity contribution in [1.82, 2.24) is 20.2 Å². The second-order valence-electron chi connectivity index (χ2n) is 8.21. The highest BCUT2D eigenvalue weighted by atomic mass is 32.2. The summed E-state index contributed by atoms with van der Waals surface area (Å²) in [5.41, 5.74) is 5.62. The van der Waals surface area contributed by atoms with Gasteiger partial charge in [0.05, 0.1) is 25.7 Å². The Hall–Kier alpha value is -4.64. The molecule has 0 unspecified atom stereocenters. The molecule has 0 aliphatic heterocycles. The van der Waals surface area contributed by atoms with Gasteiger partial charge in [-0.3, -0.25) is 14.2 Å². The second-order valence-corrected chi connectivity index (χ2v) is 9.15. The minimum atomic E-state index is -0.392. The van der Waals surface area contributed by atoms with Crippen molar-refractivity contribution in [1.29, 1.82) is 0 Å². The lowest BCUT2D eigenvalue weighted by Crippen LogP contribution is -2.21. The lowest BCUT2D eigenvalue weighted by Gasteiger charge is -2.11. The number of nitrogens with zero attached hydrogens (tertiary/aromatic N) is 4. The fraction of sp³-hybridized carbons (Fsp3) is 0.179. The van der Waals surface area contributed by atoms with Gasteiger partial charge >= 0.3 is 5.97 Å². The lowest BCUT2D eigenvalue weighted by molar-refractivity contribution is -0.131. The maximum Gasteiger partial charge on any atom is 0.308 e. The molecule has 1 amide bonds. The Morgan fingerprint density at radius 2 is 1.44 bits per heavy atom. The van der Waals surface area contributed by atoms with Crippen molar-refractivity contribution >= 4 is 29.4 Å². The van der Waals surface area contributed by atoms with Crippen molar-refractivity contribution in [3.63, 3.8) is 0 Å². The second kappa shape index (κ2) is 12.7. The van der Waals surface area contributed by atoms with Crippen LogP contribution in [0.25, 0.3) is 17.1 Å². The van der Waals surface area contributed by atoms with Crippen LogP contribution < -0.4 is 19.6 Å². The first-order valence-corrected chi connectivity index (χ1v) is 12.9. The number of rotatable bonds is 10. The molecule has 0 saturated heterocycles. The summed E-state index contributed by atoms with van der Waals surface area (Å²) in [6.45, 7) is 3.11. The first-order valence-electron chi connectivity index (χ1n) is 11.9. The van der Waals surface area contributed by atoms with Gasteiger partial charge in [-0.15, -0.1) is 10.2 Å². The van der Waals surface area contributed by atoms with Crippen LogP contribution in [0.2, 0.25) is 0 Å². The summed E-state index contributed by atoms with van der Waals surface area (Å²) in [4.78, 5) is 23.7. The van der Waals surface area contributed by atoms with E-state index in [1.54, 1.807) is 45.4 Å². The Kier molecular flexibility index (Phi) is 8.95. The molecular weight excluding hydrogens is 518 g/mol. The molecule has 4 aromatic rings. The molecule has 0 bridgehead atoms. The maximum atomic E-state index is 12.6. The molecule has 0 spiro atoms. The first-order chi connectivity index (χ1) is 18.9. The van der Waals surface area contributed by atoms with Crippen LogP contribution in [0.15, 0.2) is 83.1 Å². The molecule has 1 aromatic heterocycles. The molecule has 0 radical (unpaired) electrons. The maximum absolute atomic E-state index is 12.6. The monoisotopic (exact) mass is 545 g/mol. The number of ether oxygens (including phenoxy) is 3. The third-order valence-electron chi connectivity index (χ3n) is 5.53. The van der Waals surface area contributed by atoms with Crippen LogP contribution in [-0.4, -0.2) is 52.3 Å². The van der Waals surface area contributed by atoms with Gasteiger partial charge in [-0.1, -0.05) is 11.8 Å². The van der Waals surface area contributed by atoms with Gasteiger partial charge in [0.15, 0.2) is 11.0 Å². The van der Waals surface area contributed by atoms with Crippen LogP contribution in [0.4, 0.5) is 0 Å². The Balaban J connectivity index is 1.49. The number of thioether (sulfide) groups is 1. The van der Waals surface area contributed by atoms with Crippen LogP contribution in [-0.2, 0) is 9.59 Å². The van der Waals surface area contributed by atoms with Gasteiger partial charge < -0.3 is 14.2 Å². The molecule has 10 nitrogen and oxygen atoms in total. The molecule has 1 N–H and O–H groups in total. The Labute approximate surface area is 230 Å². The zero-order chi connectivity index (χ0) is 27.8. The number of amides is 1. The lowest BCUT2D eigenvalue weighted by atomic mass is 10.1. The Morgan fingerprint density at radius 3 is 2.03 bits per heavy atom. The summed E-state index contributed by atoms with van der Waals surface area (Å²) >= 11 is 1.24. The molecule has 0 atom stereocenters. The topological polar surface area (TPSA) is 117 Å². The van der Waals surface area contributed by atoms with E-state index in [1.807, 2.05) is 53.1 Å². The molecule has 1 heterocycles. The highest BCUT2D eigenvalue weighted by Gasteiger charge is 2.18. The molecule has 0 saturated carbocycles. The third kappa shape index (κ3) is 7.02. The van der Waals surface area contributed by atoms with Crippen LogP contribution in [0, 0.1) is 0 Å². The van der Waals surface area contributed by atoms with E-state index in [4.69, 9.17) is 14.2 Å². The van der Waals surface area contributed by atoms with E-state index in [0.717, 1.165) is 28.3 Å². The zero-order valence-corrected chi connectivity index (χ0v) is 22.7. The number of carbonyl (C=O) groups excluding carboxylic acids is 2. The van der Waals surface area contributed by atoms with E-state index in [2.05, 4.69) is 20.7 Å². The normalized spacial score (nSPS) is 11.1. The van der Waals surface area contributed by atoms with Gasteiger partial charge in [0.2, 0.25) is 0 Å². The summed E-state index contributed by atoms with van der Waals surface area (Å²) in [5.74, 6) is 1.89. The van der Waals surface area contributed by atoms with Gasteiger partial charge in [0.25, 0.3) is 5.91 Å². The number of hydrogen-bond donors (Lipinski definition) is 1. The van der Waals surface area contributed by atoms with Gasteiger partial charge in [-0.25, -0.2) is 5.43 Å². The summed E-state index contributed by atoms with van der Waals surface area (Å²) in [5, 5.41) is 13.5. The van der Waals surface area contributed by atoms with E-state index >= 15 is 0 Å². The Morgan fingerprint density at radius 1 is 0.846 bits per heavy atom. The highest BCUT2D eigenvalue weighted by Crippen LogP contribution is 2.29. The quantitative estimate of drug-likeness (QED) is 0.102. The standard InChI is InChI=1S/C28H27N5O5S/c1-18(20-5-13-25(14-6-20)38-19(2)34)29-30-26(35)17-39-28-32-31-27(21-7-11-23(36-3)12-8-21)33(28)22-9-15-24(37-4)16-10-22/h5-16H,17H2,1-4H3,(H,30,35)/b29-18+. The predicted octanol–water partition coefficient (Wildman–Crippen LogP) is 4.51. The number of aromatic nitrogens is 3. The highest BCUT2D eigenvalue weighted by molar-refractivity contribution is 7.99. The van der Waals surface area contributed by atoms with Crippen molar-refractivity contribution in [2.75, 3.05) is 20.0 Å². The summed E-state index contributed by atoms with van der Waals surface area (Å²) < 4.78 is 17.5. The predicted molar refractivity (Wildman–Crippen MR) is 149 cm³/mol. The van der Waals surface area contributed by atoms with Crippen molar-refractivity contribution in [3.8, 4) is 34.3 Å². The first kappa shape index (κ1) is 27.4. The van der Waals surface area contributed by atoms with E-state index < -0.39 is 5.97 Å². The van der Waals surface area contributed by atoms with Gasteiger partial charge in [0.1, 0.15) is 17.2 Å². The van der Waals surface area contributed by atoms with E-state index in [9.17, 15) is 9.59 Å². The van der Waals surface area contributed by atoms with Crippen LogP contribution >= 0.6 is 11.8 Å². The number of esters is 1. The fourth-order valence-corrected chi connectivity index (χ4v) is 4.30. The minimum absolute atomic E-state index is 0.0685. The molecule has 11 heteroatoms.